The van der Waals surface area contributed by atoms with E-state index in [1.807, 2.05) is 23.9 Å². The Labute approximate surface area is 111 Å². The summed E-state index contributed by atoms with van der Waals surface area (Å²) in [5.41, 5.74) is 9.16. The van der Waals surface area contributed by atoms with E-state index in [1.54, 1.807) is 0 Å². The summed E-state index contributed by atoms with van der Waals surface area (Å²) in [7, 11) is 2.05. The molecule has 0 saturated carbocycles. The number of allylic oxidation sites excluding steroid dienone is 1. The summed E-state index contributed by atoms with van der Waals surface area (Å²) in [4.78, 5) is 14.5. The van der Waals surface area contributed by atoms with Gasteiger partial charge in [-0.05, 0) is 25.1 Å². The lowest BCUT2D eigenvalue weighted by atomic mass is 9.88. The topological polar surface area (TPSA) is 75.1 Å². The molecule has 0 radical (unpaired) electrons. The summed E-state index contributed by atoms with van der Waals surface area (Å²) in [6.07, 6.45) is 5.21. The Morgan fingerprint density at radius 1 is 1.58 bits per heavy atom. The molecule has 19 heavy (non-hydrogen) atoms. The molecular formula is C14H16N4O. The predicted octanol–water partition coefficient (Wildman–Crippen LogP) is 0.970. The first-order valence-electron chi connectivity index (χ1n) is 6.44. The Hall–Kier alpha value is -2.06. The van der Waals surface area contributed by atoms with Crippen LogP contribution in [0.2, 0.25) is 0 Å². The van der Waals surface area contributed by atoms with Crippen LogP contribution in [0.5, 0.6) is 0 Å². The van der Waals surface area contributed by atoms with Crippen molar-refractivity contribution in [1.29, 1.82) is 5.26 Å². The van der Waals surface area contributed by atoms with Gasteiger partial charge in [-0.3, -0.25) is 9.69 Å². The number of hydrogen-bond acceptors (Lipinski definition) is 4. The summed E-state index contributed by atoms with van der Waals surface area (Å²) in [6, 6.07) is 2.22. The molecule has 0 fully saturated rings. The number of nitriles is 1. The fraction of sp³-hybridized carbons (Fsp3) is 0.429. The second kappa shape index (κ2) is 4.25. The van der Waals surface area contributed by atoms with Crippen molar-refractivity contribution in [3.05, 3.63) is 34.8 Å². The first-order chi connectivity index (χ1) is 9.13. The molecule has 1 atom stereocenters. The molecule has 1 aromatic heterocycles. The van der Waals surface area contributed by atoms with E-state index in [4.69, 9.17) is 11.0 Å². The van der Waals surface area contributed by atoms with Crippen molar-refractivity contribution < 1.29 is 4.79 Å². The van der Waals surface area contributed by atoms with E-state index in [0.29, 0.717) is 24.4 Å². The molecule has 1 aliphatic carbocycles. The summed E-state index contributed by atoms with van der Waals surface area (Å²) < 4.78 is 1.90. The van der Waals surface area contributed by atoms with Crippen LogP contribution >= 0.6 is 0 Å². The minimum absolute atomic E-state index is 0.0970. The predicted molar refractivity (Wildman–Crippen MR) is 70.3 cm³/mol. The molecule has 0 spiro atoms. The quantitative estimate of drug-likeness (QED) is 0.855. The van der Waals surface area contributed by atoms with Gasteiger partial charge < -0.3 is 10.3 Å². The Morgan fingerprint density at radius 2 is 2.37 bits per heavy atom. The van der Waals surface area contributed by atoms with Crippen LogP contribution in [0.4, 0.5) is 0 Å². The number of nitrogens with zero attached hydrogens (tertiary/aromatic N) is 3. The SMILES string of the molecule is CN1CCc2cn(CCC#N)c3c2C1C=C(N)C3=O. The summed E-state index contributed by atoms with van der Waals surface area (Å²) in [6.45, 7) is 1.51. The second-order valence-electron chi connectivity index (χ2n) is 5.14. The van der Waals surface area contributed by atoms with Gasteiger partial charge in [0, 0.05) is 24.8 Å². The average molecular weight is 256 g/mol. The number of ketones is 1. The molecule has 2 aliphatic rings. The van der Waals surface area contributed by atoms with Crippen LogP contribution in [0.25, 0.3) is 0 Å². The lowest BCUT2D eigenvalue weighted by molar-refractivity contribution is 0.101. The third-order valence-corrected chi connectivity index (χ3v) is 3.98. The number of aryl methyl sites for hydroxylation is 1. The highest BCUT2D eigenvalue weighted by molar-refractivity contribution is 6.09. The number of carbonyl (C=O) groups is 1. The van der Waals surface area contributed by atoms with E-state index >= 15 is 0 Å². The molecule has 98 valence electrons. The monoisotopic (exact) mass is 256 g/mol. The van der Waals surface area contributed by atoms with Gasteiger partial charge in [0.1, 0.15) is 0 Å². The number of Topliss-reactive ketones (excluding diaryl/α,β-unsaturated/α-hetero) is 1. The van der Waals surface area contributed by atoms with Gasteiger partial charge in [0.05, 0.1) is 29.9 Å². The van der Waals surface area contributed by atoms with Crippen LogP contribution in [-0.2, 0) is 13.0 Å². The lowest BCUT2D eigenvalue weighted by Gasteiger charge is -2.33. The van der Waals surface area contributed by atoms with E-state index < -0.39 is 0 Å². The Bertz CT molecular complexity index is 620. The number of rotatable bonds is 2. The minimum atomic E-state index is -0.106. The summed E-state index contributed by atoms with van der Waals surface area (Å²) in [5, 5.41) is 8.73. The fourth-order valence-electron chi connectivity index (χ4n) is 3.01. The van der Waals surface area contributed by atoms with Gasteiger partial charge in [-0.15, -0.1) is 0 Å². The van der Waals surface area contributed by atoms with Crippen molar-refractivity contribution >= 4 is 5.78 Å². The van der Waals surface area contributed by atoms with Crippen LogP contribution in [0, 0.1) is 11.3 Å². The van der Waals surface area contributed by atoms with Crippen molar-refractivity contribution in [1.82, 2.24) is 9.47 Å². The number of aromatic nitrogens is 1. The van der Waals surface area contributed by atoms with Gasteiger partial charge >= 0.3 is 0 Å². The van der Waals surface area contributed by atoms with Crippen molar-refractivity contribution in [2.75, 3.05) is 13.6 Å². The number of nitrogens with two attached hydrogens (primary N) is 1. The highest BCUT2D eigenvalue weighted by Gasteiger charge is 2.36. The molecule has 0 bridgehead atoms. The van der Waals surface area contributed by atoms with Crippen LogP contribution in [0.15, 0.2) is 18.0 Å². The minimum Gasteiger partial charge on any atom is -0.396 e. The fourth-order valence-corrected chi connectivity index (χ4v) is 3.01. The number of carbonyl (C=O) groups excluding carboxylic acids is 1. The molecule has 0 amide bonds. The molecule has 0 aromatic carbocycles. The molecule has 5 nitrogen and oxygen atoms in total. The maximum Gasteiger partial charge on any atom is 0.225 e. The number of hydrogen-bond donors (Lipinski definition) is 1. The molecular weight excluding hydrogens is 240 g/mol. The molecule has 2 N–H and O–H groups in total. The van der Waals surface area contributed by atoms with Crippen molar-refractivity contribution in [3.8, 4) is 6.07 Å². The van der Waals surface area contributed by atoms with Crippen LogP contribution in [0.3, 0.4) is 0 Å². The third-order valence-electron chi connectivity index (χ3n) is 3.98. The zero-order valence-corrected chi connectivity index (χ0v) is 10.9. The van der Waals surface area contributed by atoms with E-state index in [2.05, 4.69) is 11.0 Å². The maximum atomic E-state index is 12.3. The Morgan fingerprint density at radius 3 is 3.11 bits per heavy atom. The third kappa shape index (κ3) is 1.68. The standard InChI is InChI=1S/C14H16N4O/c1-17-6-3-9-8-18(5-2-4-15)13-12(9)11(17)7-10(16)14(13)19/h7-8,11H,2-3,5-6,16H2,1H3. The first kappa shape index (κ1) is 12.0. The maximum absolute atomic E-state index is 12.3. The second-order valence-corrected chi connectivity index (χ2v) is 5.14. The zero-order chi connectivity index (χ0) is 13.6. The van der Waals surface area contributed by atoms with Crippen LogP contribution in [0.1, 0.15) is 34.1 Å². The Kier molecular flexibility index (Phi) is 2.68. The molecule has 1 aliphatic heterocycles. The molecule has 1 unspecified atom stereocenters. The van der Waals surface area contributed by atoms with Crippen LogP contribution < -0.4 is 5.73 Å². The zero-order valence-electron chi connectivity index (χ0n) is 10.9. The van der Waals surface area contributed by atoms with Gasteiger partial charge in [0.25, 0.3) is 0 Å². The first-order valence-corrected chi connectivity index (χ1v) is 6.44. The van der Waals surface area contributed by atoms with Gasteiger partial charge in [-0.1, -0.05) is 0 Å². The normalized spacial score (nSPS) is 21.8. The van der Waals surface area contributed by atoms with Gasteiger partial charge in [-0.2, -0.15) is 5.26 Å². The molecule has 2 heterocycles. The molecule has 3 rings (SSSR count). The smallest absolute Gasteiger partial charge is 0.225 e. The van der Waals surface area contributed by atoms with E-state index in [0.717, 1.165) is 18.5 Å². The van der Waals surface area contributed by atoms with E-state index in [1.165, 1.54) is 5.56 Å². The Balaban J connectivity index is 2.15. The highest BCUT2D eigenvalue weighted by atomic mass is 16.1. The van der Waals surface area contributed by atoms with Crippen LogP contribution in [-0.4, -0.2) is 28.8 Å². The number of likely N-dealkylation sites (N-methyl/N-ethyl adjacent to an activating group) is 1. The average Bonchev–Trinajstić information content (AvgIpc) is 2.76. The molecule has 1 aromatic rings. The van der Waals surface area contributed by atoms with Crippen molar-refractivity contribution in [3.63, 3.8) is 0 Å². The van der Waals surface area contributed by atoms with Gasteiger partial charge in [0.2, 0.25) is 5.78 Å². The molecule has 5 heteroatoms. The van der Waals surface area contributed by atoms with Gasteiger partial charge in [-0.25, -0.2) is 0 Å². The van der Waals surface area contributed by atoms with Crippen molar-refractivity contribution in [2.24, 2.45) is 5.73 Å². The largest absolute Gasteiger partial charge is 0.396 e. The summed E-state index contributed by atoms with van der Waals surface area (Å²) >= 11 is 0. The van der Waals surface area contributed by atoms with Crippen molar-refractivity contribution in [2.45, 2.75) is 25.4 Å². The van der Waals surface area contributed by atoms with Gasteiger partial charge in [0.15, 0.2) is 0 Å². The van der Waals surface area contributed by atoms with E-state index in [9.17, 15) is 4.79 Å². The van der Waals surface area contributed by atoms with E-state index in [-0.39, 0.29) is 11.8 Å². The molecule has 0 saturated heterocycles. The highest BCUT2D eigenvalue weighted by Crippen LogP contribution is 2.38. The lowest BCUT2D eigenvalue weighted by Crippen LogP contribution is -2.35. The summed E-state index contributed by atoms with van der Waals surface area (Å²) in [5.74, 6) is -0.106.